The van der Waals surface area contributed by atoms with Gasteiger partial charge in [-0.25, -0.2) is 18.2 Å². The third kappa shape index (κ3) is 4.47. The molecular weight excluding hydrogens is 434 g/mol. The van der Waals surface area contributed by atoms with Crippen molar-refractivity contribution < 1.29 is 13.2 Å². The van der Waals surface area contributed by atoms with E-state index in [0.29, 0.717) is 47.2 Å². The Balaban J connectivity index is 1.74. The largest absolute Gasteiger partial charge is 0.310 e. The van der Waals surface area contributed by atoms with Gasteiger partial charge in [0.05, 0.1) is 16.4 Å². The zero-order valence-corrected chi connectivity index (χ0v) is 18.0. The van der Waals surface area contributed by atoms with E-state index in [1.54, 1.807) is 23.2 Å². The maximum Gasteiger partial charge on any atom is 0.128 e. The van der Waals surface area contributed by atoms with E-state index in [4.69, 9.17) is 23.2 Å². The molecule has 3 nitrogen and oxygen atoms in total. The summed E-state index contributed by atoms with van der Waals surface area (Å²) in [5.74, 6) is -1.32. The molecule has 2 aromatic rings. The highest BCUT2D eigenvalue weighted by atomic mass is 35.5. The first kappa shape index (κ1) is 21.5. The van der Waals surface area contributed by atoms with Crippen LogP contribution in [-0.2, 0) is 0 Å². The van der Waals surface area contributed by atoms with Gasteiger partial charge in [-0.1, -0.05) is 23.2 Å². The van der Waals surface area contributed by atoms with Crippen LogP contribution in [-0.4, -0.2) is 37.4 Å². The Morgan fingerprint density at radius 3 is 2.43 bits per heavy atom. The van der Waals surface area contributed by atoms with Crippen LogP contribution >= 0.6 is 23.2 Å². The molecule has 2 atom stereocenters. The number of halogens is 5. The molecule has 0 unspecified atom stereocenters. The summed E-state index contributed by atoms with van der Waals surface area (Å²) >= 11 is 12.6. The van der Waals surface area contributed by atoms with E-state index in [-0.39, 0.29) is 6.04 Å². The fourth-order valence-electron chi connectivity index (χ4n) is 4.24. The number of rotatable bonds is 5. The Morgan fingerprint density at radius 2 is 1.80 bits per heavy atom. The fourth-order valence-corrected chi connectivity index (χ4v) is 4.73. The van der Waals surface area contributed by atoms with Gasteiger partial charge in [0.2, 0.25) is 0 Å². The number of hydrogen-bond donors (Lipinski definition) is 1. The summed E-state index contributed by atoms with van der Waals surface area (Å²) in [6, 6.07) is 8.69. The summed E-state index contributed by atoms with van der Waals surface area (Å²) in [5, 5.41) is 8.00. The standard InChI is InChI=1S/C22H22Cl2F3N3/c1-29-12-13(11-28-18-4-3-15(25)8-18)22(20-5-2-14(23)6-21(20)24)30(29)19-9-16(26)7-17(27)10-19/h2,5-7,9-10,15,18,28H,3-4,8,11-12H2,1H3/t15-,18+/m1/s1. The first-order chi connectivity index (χ1) is 14.3. The van der Waals surface area contributed by atoms with Gasteiger partial charge in [0.15, 0.2) is 0 Å². The van der Waals surface area contributed by atoms with Crippen molar-refractivity contribution >= 4 is 34.6 Å². The molecule has 2 aliphatic rings. The van der Waals surface area contributed by atoms with Crippen molar-refractivity contribution in [2.45, 2.75) is 31.5 Å². The van der Waals surface area contributed by atoms with Crippen molar-refractivity contribution in [3.05, 3.63) is 69.2 Å². The molecule has 8 heteroatoms. The molecule has 0 amide bonds. The molecule has 160 valence electrons. The molecule has 0 bridgehead atoms. The molecule has 0 saturated heterocycles. The van der Waals surface area contributed by atoms with E-state index in [9.17, 15) is 13.2 Å². The smallest absolute Gasteiger partial charge is 0.128 e. The quantitative estimate of drug-likeness (QED) is 0.611. The lowest BCUT2D eigenvalue weighted by atomic mass is 10.1. The number of benzene rings is 2. The normalized spacial score (nSPS) is 22.4. The van der Waals surface area contributed by atoms with Crippen LogP contribution in [0.5, 0.6) is 0 Å². The second-order valence-corrected chi connectivity index (χ2v) is 8.66. The van der Waals surface area contributed by atoms with Gasteiger partial charge in [-0.15, -0.1) is 0 Å². The Hall–Kier alpha value is -1.73. The topological polar surface area (TPSA) is 18.5 Å². The fraction of sp³-hybridized carbons (Fsp3) is 0.364. The summed E-state index contributed by atoms with van der Waals surface area (Å²) in [6.07, 6.45) is 1.10. The molecule has 30 heavy (non-hydrogen) atoms. The van der Waals surface area contributed by atoms with Gasteiger partial charge in [-0.3, -0.25) is 5.01 Å². The van der Waals surface area contributed by atoms with Crippen LogP contribution in [0.15, 0.2) is 42.0 Å². The van der Waals surface area contributed by atoms with E-state index in [2.05, 4.69) is 5.32 Å². The predicted octanol–water partition coefficient (Wildman–Crippen LogP) is 5.83. The summed E-state index contributed by atoms with van der Waals surface area (Å²) in [4.78, 5) is 0. The Bertz CT molecular complexity index is 962. The van der Waals surface area contributed by atoms with E-state index < -0.39 is 17.8 Å². The minimum Gasteiger partial charge on any atom is -0.310 e. The van der Waals surface area contributed by atoms with Crippen LogP contribution in [0.4, 0.5) is 18.9 Å². The van der Waals surface area contributed by atoms with Crippen molar-refractivity contribution in [3.8, 4) is 0 Å². The summed E-state index contributed by atoms with van der Waals surface area (Å²) in [7, 11) is 1.84. The molecule has 1 heterocycles. The number of alkyl halides is 1. The molecule has 1 aliphatic carbocycles. The Morgan fingerprint density at radius 1 is 1.07 bits per heavy atom. The Labute approximate surface area is 184 Å². The van der Waals surface area contributed by atoms with Gasteiger partial charge < -0.3 is 5.32 Å². The molecule has 0 aromatic heterocycles. The van der Waals surface area contributed by atoms with E-state index in [1.807, 2.05) is 12.1 Å². The van der Waals surface area contributed by atoms with Crippen molar-refractivity contribution in [2.24, 2.45) is 0 Å². The number of likely N-dealkylation sites (N-methyl/N-ethyl adjacent to an activating group) is 1. The molecule has 1 aliphatic heterocycles. The third-order valence-corrected chi connectivity index (χ3v) is 6.11. The van der Waals surface area contributed by atoms with Crippen molar-refractivity contribution in [1.29, 1.82) is 0 Å². The number of nitrogens with zero attached hydrogens (tertiary/aromatic N) is 2. The van der Waals surface area contributed by atoms with Crippen LogP contribution in [0.3, 0.4) is 0 Å². The summed E-state index contributed by atoms with van der Waals surface area (Å²) in [5.41, 5.74) is 2.80. The SMILES string of the molecule is CN1CC(CN[C@H]2CC[C@@H](F)C2)=C(c2ccc(Cl)cc2Cl)N1c1cc(F)cc(F)c1. The van der Waals surface area contributed by atoms with Crippen LogP contribution < -0.4 is 10.3 Å². The van der Waals surface area contributed by atoms with Gasteiger partial charge in [-0.05, 0) is 55.2 Å². The van der Waals surface area contributed by atoms with Crippen molar-refractivity contribution in [3.63, 3.8) is 0 Å². The molecule has 0 radical (unpaired) electrons. The first-order valence-electron chi connectivity index (χ1n) is 9.84. The lowest BCUT2D eigenvalue weighted by Gasteiger charge is -2.30. The molecular formula is C22H22Cl2F3N3. The highest BCUT2D eigenvalue weighted by Gasteiger charge is 2.32. The molecule has 1 N–H and O–H groups in total. The summed E-state index contributed by atoms with van der Waals surface area (Å²) < 4.78 is 41.5. The average molecular weight is 456 g/mol. The summed E-state index contributed by atoms with van der Waals surface area (Å²) in [6.45, 7) is 1.05. The Kier molecular flexibility index (Phi) is 6.30. The maximum atomic E-state index is 14.0. The average Bonchev–Trinajstić information content (AvgIpc) is 3.22. The van der Waals surface area contributed by atoms with E-state index in [0.717, 1.165) is 23.8 Å². The zero-order valence-electron chi connectivity index (χ0n) is 16.4. The highest BCUT2D eigenvalue weighted by Crippen LogP contribution is 2.39. The molecule has 2 aromatic carbocycles. The molecule has 4 rings (SSSR count). The van der Waals surface area contributed by atoms with Crippen LogP contribution in [0.25, 0.3) is 5.70 Å². The molecule has 1 saturated carbocycles. The zero-order chi connectivity index (χ0) is 21.4. The van der Waals surface area contributed by atoms with Crippen molar-refractivity contribution in [2.75, 3.05) is 25.1 Å². The van der Waals surface area contributed by atoms with E-state index >= 15 is 0 Å². The van der Waals surface area contributed by atoms with Gasteiger partial charge in [0.1, 0.15) is 17.8 Å². The van der Waals surface area contributed by atoms with Gasteiger partial charge in [0, 0.05) is 42.8 Å². The first-order valence-corrected chi connectivity index (χ1v) is 10.6. The second-order valence-electron chi connectivity index (χ2n) is 7.82. The molecule has 1 fully saturated rings. The minimum absolute atomic E-state index is 0.111. The van der Waals surface area contributed by atoms with Gasteiger partial charge in [0.25, 0.3) is 0 Å². The van der Waals surface area contributed by atoms with Crippen LogP contribution in [0.2, 0.25) is 10.0 Å². The number of anilines is 1. The minimum atomic E-state index is -0.764. The van der Waals surface area contributed by atoms with Crippen molar-refractivity contribution in [1.82, 2.24) is 10.3 Å². The van der Waals surface area contributed by atoms with Gasteiger partial charge in [-0.2, -0.15) is 0 Å². The third-order valence-electron chi connectivity index (χ3n) is 5.56. The number of hydrazine groups is 1. The van der Waals surface area contributed by atoms with Crippen LogP contribution in [0.1, 0.15) is 24.8 Å². The van der Waals surface area contributed by atoms with Crippen LogP contribution in [0, 0.1) is 11.6 Å². The second kappa shape index (κ2) is 8.79. The highest BCUT2D eigenvalue weighted by molar-refractivity contribution is 6.35. The van der Waals surface area contributed by atoms with Gasteiger partial charge >= 0.3 is 0 Å². The predicted molar refractivity (Wildman–Crippen MR) is 115 cm³/mol. The molecule has 0 spiro atoms. The lowest BCUT2D eigenvalue weighted by Crippen LogP contribution is -2.34. The lowest BCUT2D eigenvalue weighted by molar-refractivity contribution is 0.334. The number of hydrogen-bond acceptors (Lipinski definition) is 3. The van der Waals surface area contributed by atoms with E-state index in [1.165, 1.54) is 12.1 Å². The maximum absolute atomic E-state index is 14.0. The number of nitrogens with one attached hydrogen (secondary N) is 1. The monoisotopic (exact) mass is 455 g/mol.